The van der Waals surface area contributed by atoms with E-state index in [1.54, 1.807) is 42.5 Å². The van der Waals surface area contributed by atoms with E-state index in [1.165, 1.54) is 23.4 Å². The van der Waals surface area contributed by atoms with Crippen LogP contribution in [0.5, 0.6) is 0 Å². The molecule has 25 heavy (non-hydrogen) atoms. The van der Waals surface area contributed by atoms with Crippen LogP contribution in [0.3, 0.4) is 0 Å². The molecule has 0 N–H and O–H groups in total. The number of aryl methyl sites for hydroxylation is 1. The lowest BCUT2D eigenvalue weighted by atomic mass is 10.1. The number of fused-ring (bicyclic) bond motifs is 1. The van der Waals surface area contributed by atoms with E-state index >= 15 is 0 Å². The van der Waals surface area contributed by atoms with Gasteiger partial charge in [-0.15, -0.1) is 0 Å². The van der Waals surface area contributed by atoms with Crippen molar-refractivity contribution < 1.29 is 17.9 Å². The fourth-order valence-electron chi connectivity index (χ4n) is 2.56. The van der Waals surface area contributed by atoms with Crippen molar-refractivity contribution in [1.82, 2.24) is 3.97 Å². The van der Waals surface area contributed by atoms with Gasteiger partial charge in [-0.2, -0.15) is 0 Å². The topological polar surface area (TPSA) is 65.4 Å². The Labute approximate surface area is 146 Å². The molecular weight excluding hydrogens is 338 g/mol. The SMILES string of the molecule is COC(=O)/C=C\c1cn(S(=O)(=O)c2ccc(C)cc2)c2ccccc12. The summed E-state index contributed by atoms with van der Waals surface area (Å²) in [6, 6.07) is 13.8. The van der Waals surface area contributed by atoms with Crippen LogP contribution >= 0.6 is 0 Å². The summed E-state index contributed by atoms with van der Waals surface area (Å²) < 4.78 is 31.9. The second-order valence-corrected chi connectivity index (χ2v) is 7.39. The molecule has 0 unspecified atom stereocenters. The smallest absolute Gasteiger partial charge is 0.330 e. The molecule has 5 nitrogen and oxygen atoms in total. The lowest BCUT2D eigenvalue weighted by Gasteiger charge is -2.07. The van der Waals surface area contributed by atoms with Gasteiger partial charge in [0.15, 0.2) is 0 Å². The molecule has 0 spiro atoms. The van der Waals surface area contributed by atoms with Gasteiger partial charge in [-0.3, -0.25) is 0 Å². The number of carbonyl (C=O) groups is 1. The van der Waals surface area contributed by atoms with Gasteiger partial charge in [-0.1, -0.05) is 35.9 Å². The third kappa shape index (κ3) is 3.21. The molecule has 0 saturated heterocycles. The zero-order chi connectivity index (χ0) is 18.0. The van der Waals surface area contributed by atoms with Crippen LogP contribution < -0.4 is 0 Å². The van der Waals surface area contributed by atoms with E-state index in [9.17, 15) is 13.2 Å². The Morgan fingerprint density at radius 3 is 2.44 bits per heavy atom. The van der Waals surface area contributed by atoms with Crippen LogP contribution in [0, 0.1) is 6.92 Å². The summed E-state index contributed by atoms with van der Waals surface area (Å²) in [5, 5.41) is 0.735. The molecule has 0 aliphatic carbocycles. The number of carbonyl (C=O) groups excluding carboxylic acids is 1. The predicted molar refractivity (Wildman–Crippen MR) is 96.8 cm³/mol. The van der Waals surface area contributed by atoms with Gasteiger partial charge in [0.05, 0.1) is 17.5 Å². The number of benzene rings is 2. The number of nitrogens with zero attached hydrogens (tertiary/aromatic N) is 1. The van der Waals surface area contributed by atoms with Crippen LogP contribution in [0.25, 0.3) is 17.0 Å². The zero-order valence-corrected chi connectivity index (χ0v) is 14.7. The van der Waals surface area contributed by atoms with Gasteiger partial charge in [0.1, 0.15) is 0 Å². The highest BCUT2D eigenvalue weighted by molar-refractivity contribution is 7.90. The lowest BCUT2D eigenvalue weighted by Crippen LogP contribution is -2.11. The molecule has 0 aliphatic heterocycles. The maximum Gasteiger partial charge on any atom is 0.330 e. The first kappa shape index (κ1) is 17.0. The average molecular weight is 355 g/mol. The molecule has 3 aromatic rings. The maximum atomic E-state index is 13.0. The standard InChI is InChI=1S/C19H17NO4S/c1-14-7-10-16(11-8-14)25(22,23)20-13-15(9-12-19(21)24-2)17-5-3-4-6-18(17)20/h3-13H,1-2H3/b12-9-. The summed E-state index contributed by atoms with van der Waals surface area (Å²) in [6.07, 6.45) is 4.33. The molecular formula is C19H17NO4S. The monoisotopic (exact) mass is 355 g/mol. The van der Waals surface area contributed by atoms with Crippen molar-refractivity contribution in [1.29, 1.82) is 0 Å². The Morgan fingerprint density at radius 1 is 1.08 bits per heavy atom. The fraction of sp³-hybridized carbons (Fsp3) is 0.105. The normalized spacial score (nSPS) is 11.9. The Bertz CT molecular complexity index is 1060. The van der Waals surface area contributed by atoms with Crippen molar-refractivity contribution >= 4 is 33.0 Å². The van der Waals surface area contributed by atoms with Crippen molar-refractivity contribution in [2.24, 2.45) is 0 Å². The number of aromatic nitrogens is 1. The zero-order valence-electron chi connectivity index (χ0n) is 13.8. The van der Waals surface area contributed by atoms with E-state index < -0.39 is 16.0 Å². The van der Waals surface area contributed by atoms with Crippen LogP contribution in [0.2, 0.25) is 0 Å². The molecule has 3 rings (SSSR count). The number of para-hydroxylation sites is 1. The fourth-order valence-corrected chi connectivity index (χ4v) is 3.93. The number of hydrogen-bond donors (Lipinski definition) is 0. The van der Waals surface area contributed by atoms with Crippen molar-refractivity contribution in [3.8, 4) is 0 Å². The minimum atomic E-state index is -3.74. The van der Waals surface area contributed by atoms with Gasteiger partial charge >= 0.3 is 5.97 Å². The van der Waals surface area contributed by atoms with Crippen molar-refractivity contribution in [2.75, 3.05) is 7.11 Å². The molecule has 0 amide bonds. The molecule has 6 heteroatoms. The van der Waals surface area contributed by atoms with E-state index in [4.69, 9.17) is 0 Å². The van der Waals surface area contributed by atoms with Gasteiger partial charge < -0.3 is 4.74 Å². The molecule has 0 aliphatic rings. The number of hydrogen-bond acceptors (Lipinski definition) is 4. The highest BCUT2D eigenvalue weighted by atomic mass is 32.2. The van der Waals surface area contributed by atoms with Crippen LogP contribution in [-0.4, -0.2) is 25.5 Å². The predicted octanol–water partition coefficient (Wildman–Crippen LogP) is 3.37. The Balaban J connectivity index is 2.18. The van der Waals surface area contributed by atoms with Crippen molar-refractivity contribution in [3.05, 3.63) is 71.9 Å². The van der Waals surface area contributed by atoms with Gasteiger partial charge in [0.2, 0.25) is 0 Å². The highest BCUT2D eigenvalue weighted by Crippen LogP contribution is 2.27. The van der Waals surface area contributed by atoms with Crippen molar-refractivity contribution in [2.45, 2.75) is 11.8 Å². The van der Waals surface area contributed by atoms with Gasteiger partial charge in [-0.05, 0) is 31.2 Å². The van der Waals surface area contributed by atoms with E-state index in [-0.39, 0.29) is 4.90 Å². The first-order valence-corrected chi connectivity index (χ1v) is 9.06. The Hall–Kier alpha value is -2.86. The van der Waals surface area contributed by atoms with Crippen LogP contribution in [0.15, 0.2) is 65.7 Å². The minimum absolute atomic E-state index is 0.211. The molecule has 1 heterocycles. The molecule has 0 radical (unpaired) electrons. The molecule has 0 fully saturated rings. The summed E-state index contributed by atoms with van der Waals surface area (Å²) in [5.41, 5.74) is 2.15. The Morgan fingerprint density at radius 2 is 1.76 bits per heavy atom. The summed E-state index contributed by atoms with van der Waals surface area (Å²) in [5.74, 6) is -0.502. The number of methoxy groups -OCH3 is 1. The van der Waals surface area contributed by atoms with Gasteiger partial charge in [0.25, 0.3) is 10.0 Å². The van der Waals surface area contributed by atoms with Crippen LogP contribution in [0.4, 0.5) is 0 Å². The number of rotatable bonds is 4. The van der Waals surface area contributed by atoms with Gasteiger partial charge in [-0.25, -0.2) is 17.2 Å². The van der Waals surface area contributed by atoms with E-state index in [0.717, 1.165) is 10.9 Å². The first-order chi connectivity index (χ1) is 11.9. The van der Waals surface area contributed by atoms with Crippen molar-refractivity contribution in [3.63, 3.8) is 0 Å². The third-order valence-corrected chi connectivity index (χ3v) is 5.57. The lowest BCUT2D eigenvalue weighted by molar-refractivity contribution is -0.134. The third-order valence-electron chi connectivity index (χ3n) is 3.89. The van der Waals surface area contributed by atoms with Gasteiger partial charge in [0, 0.05) is 23.2 Å². The number of ether oxygens (including phenoxy) is 1. The molecule has 0 saturated carbocycles. The molecule has 0 atom stereocenters. The summed E-state index contributed by atoms with van der Waals surface area (Å²) in [4.78, 5) is 11.6. The minimum Gasteiger partial charge on any atom is -0.466 e. The van der Waals surface area contributed by atoms with Crippen LogP contribution in [-0.2, 0) is 19.6 Å². The van der Waals surface area contributed by atoms with Crippen LogP contribution in [0.1, 0.15) is 11.1 Å². The molecule has 2 aromatic carbocycles. The molecule has 128 valence electrons. The molecule has 0 bridgehead atoms. The Kier molecular flexibility index (Phi) is 4.46. The second kappa shape index (κ2) is 6.57. The largest absolute Gasteiger partial charge is 0.466 e. The summed E-state index contributed by atoms with van der Waals surface area (Å²) in [7, 11) is -2.45. The first-order valence-electron chi connectivity index (χ1n) is 7.62. The summed E-state index contributed by atoms with van der Waals surface area (Å²) >= 11 is 0. The van der Waals surface area contributed by atoms with E-state index in [2.05, 4.69) is 4.74 Å². The summed E-state index contributed by atoms with van der Waals surface area (Å²) in [6.45, 7) is 1.90. The second-order valence-electron chi connectivity index (χ2n) is 5.57. The van der Waals surface area contributed by atoms with E-state index in [0.29, 0.717) is 11.1 Å². The molecule has 1 aromatic heterocycles. The maximum absolute atomic E-state index is 13.0. The average Bonchev–Trinajstić information content (AvgIpc) is 2.99. The highest BCUT2D eigenvalue weighted by Gasteiger charge is 2.20. The number of esters is 1. The van der Waals surface area contributed by atoms with E-state index in [1.807, 2.05) is 19.1 Å². The quantitative estimate of drug-likeness (QED) is 0.532.